The number of thioether (sulfide) groups is 1. The van der Waals surface area contributed by atoms with E-state index >= 15 is 0 Å². The number of carbonyl (C=O) groups excluding carboxylic acids is 4. The average molecular weight is 474 g/mol. The van der Waals surface area contributed by atoms with Crippen molar-refractivity contribution < 1.29 is 33.7 Å². The first-order chi connectivity index (χ1) is 15.7. The molecule has 1 aromatic rings. The van der Waals surface area contributed by atoms with Gasteiger partial charge in [-0.05, 0) is 25.5 Å². The van der Waals surface area contributed by atoms with Crippen LogP contribution in [0.2, 0.25) is 0 Å². The molecule has 2 N–H and O–H groups in total. The summed E-state index contributed by atoms with van der Waals surface area (Å²) in [7, 11) is 1.21. The van der Waals surface area contributed by atoms with Crippen molar-refractivity contribution in [3.63, 3.8) is 0 Å². The van der Waals surface area contributed by atoms with Crippen molar-refractivity contribution in [1.82, 2.24) is 10.2 Å². The van der Waals surface area contributed by atoms with Crippen molar-refractivity contribution in [3.05, 3.63) is 47.5 Å². The third kappa shape index (κ3) is 5.25. The molecule has 0 bridgehead atoms. The Bertz CT molecular complexity index is 953. The lowest BCUT2D eigenvalue weighted by Gasteiger charge is -2.58. The standard InChI is InChI=1S/C22H27BN2O7S/c1-13(2)8-9-31-21(29)22(30)15(11-17(27)32-23)12-33-20-18(19(28)25(20)22)24-16(26)10-14-6-4-3-5-7-14/h3-8,15,18,20,30H,9-12,23H2,1-2H3,(H,24,26)/t15-,18+,20+,22+/m0/s1. The number of ether oxygens (including phenoxy) is 1. The van der Waals surface area contributed by atoms with E-state index in [0.717, 1.165) is 16.0 Å². The predicted octanol–water partition coefficient (Wildman–Crippen LogP) is -0.0754. The molecule has 0 aromatic heterocycles. The molecular formula is C22H27BN2O7S. The maximum atomic E-state index is 13.0. The lowest BCUT2D eigenvalue weighted by Crippen LogP contribution is -2.81. The van der Waals surface area contributed by atoms with Crippen LogP contribution in [-0.4, -0.2) is 71.3 Å². The monoisotopic (exact) mass is 474 g/mol. The highest BCUT2D eigenvalue weighted by Gasteiger charge is 2.66. The number of β-lactam (4-membered cyclic amide) rings is 1. The van der Waals surface area contributed by atoms with Crippen LogP contribution < -0.4 is 5.32 Å². The van der Waals surface area contributed by atoms with Gasteiger partial charge in [-0.15, -0.1) is 11.8 Å². The predicted molar refractivity (Wildman–Crippen MR) is 123 cm³/mol. The van der Waals surface area contributed by atoms with Crippen molar-refractivity contribution in [2.45, 2.75) is 43.8 Å². The summed E-state index contributed by atoms with van der Waals surface area (Å²) in [6, 6.07) is 8.21. The quantitative estimate of drug-likeness (QED) is 0.232. The minimum Gasteiger partial charge on any atom is -0.543 e. The van der Waals surface area contributed by atoms with Crippen LogP contribution >= 0.6 is 11.8 Å². The Morgan fingerprint density at radius 2 is 2.00 bits per heavy atom. The third-order valence-electron chi connectivity index (χ3n) is 5.62. The Kier molecular flexibility index (Phi) is 7.86. The molecule has 0 aliphatic carbocycles. The number of rotatable bonds is 8. The molecule has 33 heavy (non-hydrogen) atoms. The lowest BCUT2D eigenvalue weighted by molar-refractivity contribution is -0.221. The molecule has 9 nitrogen and oxygen atoms in total. The SMILES string of the molecule is BOC(=O)C[C@H]1CS[C@@H]2[C@H](NC(=O)Cc3ccccc3)C(=O)N2[C@]1(O)C(=O)OCC=C(C)C. The van der Waals surface area contributed by atoms with Gasteiger partial charge in [0, 0.05) is 11.7 Å². The van der Waals surface area contributed by atoms with E-state index in [1.165, 1.54) is 19.8 Å². The number of amides is 2. The molecule has 0 radical (unpaired) electrons. The molecule has 2 heterocycles. The number of hydrogen-bond acceptors (Lipinski definition) is 8. The number of fused-ring (bicyclic) bond motifs is 1. The van der Waals surface area contributed by atoms with Gasteiger partial charge in [-0.1, -0.05) is 35.9 Å². The van der Waals surface area contributed by atoms with E-state index in [2.05, 4.69) is 5.32 Å². The van der Waals surface area contributed by atoms with Crippen molar-refractivity contribution in [1.29, 1.82) is 0 Å². The molecule has 176 valence electrons. The fourth-order valence-electron chi connectivity index (χ4n) is 3.80. The van der Waals surface area contributed by atoms with E-state index in [9.17, 15) is 24.3 Å². The normalized spacial score (nSPS) is 25.8. The second-order valence-corrected chi connectivity index (χ2v) is 9.37. The summed E-state index contributed by atoms with van der Waals surface area (Å²) in [6.07, 6.45) is 1.50. The van der Waals surface area contributed by atoms with E-state index < -0.39 is 40.9 Å². The summed E-state index contributed by atoms with van der Waals surface area (Å²) in [5.41, 5.74) is -0.622. The van der Waals surface area contributed by atoms with Gasteiger partial charge >= 0.3 is 14.0 Å². The van der Waals surface area contributed by atoms with Crippen LogP contribution in [0.1, 0.15) is 25.8 Å². The molecule has 11 heteroatoms. The van der Waals surface area contributed by atoms with Gasteiger partial charge in [0.1, 0.15) is 18.0 Å². The largest absolute Gasteiger partial charge is 0.543 e. The van der Waals surface area contributed by atoms with Crippen LogP contribution in [0.5, 0.6) is 0 Å². The molecule has 2 amide bonds. The van der Waals surface area contributed by atoms with Gasteiger partial charge in [0.2, 0.25) is 11.6 Å². The Labute approximate surface area is 197 Å². The number of aliphatic hydroxyl groups is 1. The van der Waals surface area contributed by atoms with E-state index in [-0.39, 0.29) is 31.1 Å². The molecular weight excluding hydrogens is 447 g/mol. The highest BCUT2D eigenvalue weighted by molar-refractivity contribution is 8.00. The van der Waals surface area contributed by atoms with Gasteiger partial charge in [0.25, 0.3) is 11.9 Å². The van der Waals surface area contributed by atoms with Gasteiger partial charge in [0.15, 0.2) is 0 Å². The van der Waals surface area contributed by atoms with Gasteiger partial charge < -0.3 is 19.8 Å². The van der Waals surface area contributed by atoms with Gasteiger partial charge in [-0.25, -0.2) is 4.79 Å². The fraction of sp³-hybridized carbons (Fsp3) is 0.455. The molecule has 1 aromatic carbocycles. The number of allylic oxidation sites excluding steroid dienone is 1. The van der Waals surface area contributed by atoms with E-state index in [4.69, 9.17) is 9.39 Å². The summed E-state index contributed by atoms with van der Waals surface area (Å²) in [6.45, 7) is 3.58. The Balaban J connectivity index is 1.76. The third-order valence-corrected chi connectivity index (χ3v) is 7.04. The number of nitrogens with zero attached hydrogens (tertiary/aromatic N) is 1. The van der Waals surface area contributed by atoms with Crippen molar-refractivity contribution >= 4 is 43.6 Å². The maximum absolute atomic E-state index is 13.0. The van der Waals surface area contributed by atoms with Crippen LogP contribution in [0.25, 0.3) is 0 Å². The fourth-order valence-corrected chi connectivity index (χ4v) is 5.37. The van der Waals surface area contributed by atoms with Crippen molar-refractivity contribution in [3.8, 4) is 0 Å². The molecule has 2 saturated heterocycles. The van der Waals surface area contributed by atoms with E-state index in [1.807, 2.05) is 44.2 Å². The summed E-state index contributed by atoms with van der Waals surface area (Å²) < 4.78 is 9.92. The van der Waals surface area contributed by atoms with E-state index in [1.54, 1.807) is 6.08 Å². The lowest BCUT2D eigenvalue weighted by atomic mass is 9.87. The highest BCUT2D eigenvalue weighted by Crippen LogP contribution is 2.47. The molecule has 0 unspecified atom stereocenters. The maximum Gasteiger partial charge on any atom is 0.360 e. The van der Waals surface area contributed by atoms with Gasteiger partial charge in [-0.2, -0.15) is 0 Å². The highest BCUT2D eigenvalue weighted by atomic mass is 32.2. The minimum absolute atomic E-state index is 0.0779. The zero-order valence-corrected chi connectivity index (χ0v) is 19.6. The van der Waals surface area contributed by atoms with Crippen LogP contribution in [0, 0.1) is 5.92 Å². The van der Waals surface area contributed by atoms with Crippen LogP contribution in [0.15, 0.2) is 42.0 Å². The zero-order valence-electron chi connectivity index (χ0n) is 18.8. The summed E-state index contributed by atoms with van der Waals surface area (Å²) in [4.78, 5) is 51.3. The second-order valence-electron chi connectivity index (χ2n) is 8.22. The van der Waals surface area contributed by atoms with Crippen LogP contribution in [0.4, 0.5) is 0 Å². The Morgan fingerprint density at radius 1 is 1.30 bits per heavy atom. The molecule has 3 rings (SSSR count). The number of nitrogens with one attached hydrogen (secondary N) is 1. The number of hydrogen-bond donors (Lipinski definition) is 2. The van der Waals surface area contributed by atoms with E-state index in [0.29, 0.717) is 0 Å². The first-order valence-corrected chi connectivity index (χ1v) is 11.6. The molecule has 0 spiro atoms. The van der Waals surface area contributed by atoms with Crippen molar-refractivity contribution in [2.24, 2.45) is 5.92 Å². The topological polar surface area (TPSA) is 122 Å². The summed E-state index contributed by atoms with van der Waals surface area (Å²) in [5.74, 6) is -3.30. The minimum atomic E-state index is -2.34. The smallest absolute Gasteiger partial charge is 0.360 e. The van der Waals surface area contributed by atoms with Crippen molar-refractivity contribution in [2.75, 3.05) is 12.4 Å². The first-order valence-electron chi connectivity index (χ1n) is 10.6. The summed E-state index contributed by atoms with van der Waals surface area (Å²) in [5, 5.41) is 13.5. The second kappa shape index (κ2) is 10.4. The average Bonchev–Trinajstić information content (AvgIpc) is 2.78. The Morgan fingerprint density at radius 3 is 2.64 bits per heavy atom. The molecule has 0 saturated carbocycles. The van der Waals surface area contributed by atoms with Gasteiger partial charge in [0.05, 0.1) is 12.8 Å². The summed E-state index contributed by atoms with van der Waals surface area (Å²) >= 11 is 1.29. The van der Waals surface area contributed by atoms with Crippen LogP contribution in [-0.2, 0) is 35.0 Å². The number of benzene rings is 1. The molecule has 2 aliphatic rings. The van der Waals surface area contributed by atoms with Gasteiger partial charge in [-0.3, -0.25) is 19.3 Å². The van der Waals surface area contributed by atoms with Crippen LogP contribution in [0.3, 0.4) is 0 Å². The molecule has 2 aliphatic heterocycles. The Hall–Kier alpha value is -2.79. The molecule has 4 atom stereocenters. The molecule has 2 fully saturated rings. The number of carbonyl (C=O) groups is 4. The number of esters is 1. The first kappa shape index (κ1) is 24.8. The zero-order chi connectivity index (χ0) is 24.2.